The second-order valence-electron chi connectivity index (χ2n) is 14.7. The summed E-state index contributed by atoms with van der Waals surface area (Å²) in [6.45, 7) is 28.9. The molecule has 213 valence electrons. The topological polar surface area (TPSA) is 9.72 Å². The van der Waals surface area contributed by atoms with Crippen molar-refractivity contribution in [3.8, 4) is 0 Å². The SMILES string of the molecule is CC(C)c1cccc(C(C)C)c1N(C1=C(P2N(C(C)(C)C)[Si](C)(C)N2C(C)(C)C)C2CCC1CC2)[Si](Cl)Cl. The van der Waals surface area contributed by atoms with E-state index in [0.29, 0.717) is 23.7 Å². The van der Waals surface area contributed by atoms with Crippen LogP contribution in [0.5, 0.6) is 0 Å². The highest BCUT2D eigenvalue weighted by atomic mass is 35.7. The molecule has 3 aliphatic carbocycles. The van der Waals surface area contributed by atoms with Gasteiger partial charge in [-0.05, 0) is 115 Å². The smallest absolute Gasteiger partial charge is 0.345 e. The van der Waals surface area contributed by atoms with Gasteiger partial charge in [-0.1, -0.05) is 45.9 Å². The number of hydrogen-bond donors (Lipinski definition) is 0. The van der Waals surface area contributed by atoms with E-state index in [-0.39, 0.29) is 11.1 Å². The fourth-order valence-electron chi connectivity index (χ4n) is 7.72. The van der Waals surface area contributed by atoms with Gasteiger partial charge in [0, 0.05) is 27.8 Å². The number of halogens is 2. The van der Waals surface area contributed by atoms with Gasteiger partial charge in [0.25, 0.3) is 0 Å². The molecule has 8 heteroatoms. The third-order valence-corrected chi connectivity index (χ3v) is 20.9. The Morgan fingerprint density at radius 1 is 0.842 bits per heavy atom. The molecule has 2 fully saturated rings. The number of nitrogens with zero attached hydrogens (tertiary/aromatic N) is 3. The molecular weight excluding hydrogens is 560 g/mol. The van der Waals surface area contributed by atoms with Crippen molar-refractivity contribution < 1.29 is 0 Å². The Balaban J connectivity index is 2.04. The van der Waals surface area contributed by atoms with Gasteiger partial charge in [0.05, 0.1) is 8.22 Å². The largest absolute Gasteiger partial charge is 0.399 e. The normalized spacial score (nSPS) is 25.2. The number of para-hydroxylation sites is 1. The molecule has 0 spiro atoms. The molecule has 1 heterocycles. The molecule has 0 unspecified atom stereocenters. The standard InChI is InChI=1S/C30H51Cl2N3PSi2/c1-20(2)24-14-13-15-25(21(3)4)27(24)33(37(31)32)26-22-16-18-23(19-17-22)28(26)36-34(29(5,6)7)38(11,12)35(36)30(8,9)10/h13-15,20-23H,16-19H2,1-12H3. The van der Waals surface area contributed by atoms with Crippen LogP contribution in [0.1, 0.15) is 118 Å². The zero-order valence-corrected chi connectivity index (χ0v) is 30.3. The summed E-state index contributed by atoms with van der Waals surface area (Å²) < 4.78 is 8.46. The fourth-order valence-corrected chi connectivity index (χ4v) is 20.9. The van der Waals surface area contributed by atoms with Gasteiger partial charge in [-0.2, -0.15) is 0 Å². The van der Waals surface area contributed by atoms with Crippen LogP contribution in [0.4, 0.5) is 5.69 Å². The van der Waals surface area contributed by atoms with Crippen molar-refractivity contribution in [1.82, 2.24) is 8.67 Å². The van der Waals surface area contributed by atoms with Crippen molar-refractivity contribution in [2.75, 3.05) is 4.57 Å². The van der Waals surface area contributed by atoms with Crippen molar-refractivity contribution in [2.45, 2.75) is 131 Å². The molecule has 1 saturated carbocycles. The van der Waals surface area contributed by atoms with E-state index in [9.17, 15) is 0 Å². The molecule has 38 heavy (non-hydrogen) atoms. The van der Waals surface area contributed by atoms with E-state index in [1.54, 1.807) is 5.31 Å². The number of allylic oxidation sites excluding steroid dienone is 2. The minimum atomic E-state index is -1.83. The molecule has 1 aliphatic heterocycles. The number of fused-ring (bicyclic) bond motifs is 2. The van der Waals surface area contributed by atoms with E-state index in [0.717, 1.165) is 0 Å². The summed E-state index contributed by atoms with van der Waals surface area (Å²) in [7, 11) is -4.23. The van der Waals surface area contributed by atoms with Gasteiger partial charge in [-0.3, -0.25) is 8.67 Å². The number of rotatable bonds is 6. The molecular formula is C30H51Cl2N3PSi2. The lowest BCUT2D eigenvalue weighted by Crippen LogP contribution is -2.77. The van der Waals surface area contributed by atoms with E-state index in [1.807, 2.05) is 0 Å². The summed E-state index contributed by atoms with van der Waals surface area (Å²) >= 11 is 14.4. The average Bonchev–Trinajstić information content (AvgIpc) is 2.76. The zero-order valence-electron chi connectivity index (χ0n) is 25.9. The summed E-state index contributed by atoms with van der Waals surface area (Å²) in [6, 6.07) is 6.86. The van der Waals surface area contributed by atoms with Crippen LogP contribution in [0.3, 0.4) is 0 Å². The molecule has 1 saturated heterocycles. The van der Waals surface area contributed by atoms with Gasteiger partial charge >= 0.3 is 7.58 Å². The minimum Gasteiger partial charge on any atom is -0.345 e. The molecule has 1 aromatic carbocycles. The summed E-state index contributed by atoms with van der Waals surface area (Å²) in [4.78, 5) is 0. The first-order valence-electron chi connectivity index (χ1n) is 14.7. The van der Waals surface area contributed by atoms with E-state index in [2.05, 4.69) is 114 Å². The maximum Gasteiger partial charge on any atom is 0.399 e. The molecule has 0 aromatic heterocycles. The predicted octanol–water partition coefficient (Wildman–Crippen LogP) is 10.5. The van der Waals surface area contributed by atoms with E-state index >= 15 is 0 Å². The lowest BCUT2D eigenvalue weighted by atomic mass is 9.73. The molecule has 5 rings (SSSR count). The Morgan fingerprint density at radius 2 is 1.26 bits per heavy atom. The lowest BCUT2D eigenvalue weighted by Gasteiger charge is -2.72. The van der Waals surface area contributed by atoms with Crippen LogP contribution < -0.4 is 4.57 Å². The first kappa shape index (κ1) is 31.1. The van der Waals surface area contributed by atoms with Crippen molar-refractivity contribution >= 4 is 52.0 Å². The third kappa shape index (κ3) is 5.25. The summed E-state index contributed by atoms with van der Waals surface area (Å²) in [5.74, 6) is 1.99. The zero-order chi connectivity index (χ0) is 28.5. The fraction of sp³-hybridized carbons (Fsp3) is 0.733. The Labute approximate surface area is 247 Å². The van der Waals surface area contributed by atoms with Crippen LogP contribution in [0.25, 0.3) is 0 Å². The van der Waals surface area contributed by atoms with Crippen LogP contribution in [0.15, 0.2) is 29.2 Å². The first-order valence-corrected chi connectivity index (χ1v) is 22.3. The highest BCUT2D eigenvalue weighted by molar-refractivity contribution is 7.66. The maximum absolute atomic E-state index is 7.19. The van der Waals surface area contributed by atoms with Gasteiger partial charge < -0.3 is 4.57 Å². The summed E-state index contributed by atoms with van der Waals surface area (Å²) in [5.41, 5.74) is 5.83. The Hall–Kier alpha value is 0.124. The molecule has 2 bridgehead atoms. The highest BCUT2D eigenvalue weighted by Gasteiger charge is 2.64. The van der Waals surface area contributed by atoms with Crippen LogP contribution in [-0.2, 0) is 0 Å². The van der Waals surface area contributed by atoms with Gasteiger partial charge in [-0.25, -0.2) is 0 Å². The average molecular weight is 612 g/mol. The van der Waals surface area contributed by atoms with Crippen molar-refractivity contribution in [3.05, 3.63) is 40.3 Å². The second kappa shape index (κ2) is 10.8. The number of anilines is 1. The molecule has 0 amide bonds. The summed E-state index contributed by atoms with van der Waals surface area (Å²) in [6.07, 6.45) is 5.14. The molecule has 1 radical (unpaired) electrons. The van der Waals surface area contributed by atoms with E-state index < -0.39 is 24.2 Å². The van der Waals surface area contributed by atoms with E-state index in [1.165, 1.54) is 48.2 Å². The number of hydrogen-bond acceptors (Lipinski definition) is 3. The Bertz CT molecular complexity index is 1020. The van der Waals surface area contributed by atoms with Crippen LogP contribution in [0.2, 0.25) is 13.1 Å². The van der Waals surface area contributed by atoms with Gasteiger partial charge in [0.2, 0.25) is 8.40 Å². The molecule has 1 aromatic rings. The van der Waals surface area contributed by atoms with Gasteiger partial charge in [0.1, 0.15) is 0 Å². The highest BCUT2D eigenvalue weighted by Crippen LogP contribution is 2.75. The van der Waals surface area contributed by atoms with Gasteiger partial charge in [-0.15, -0.1) is 22.2 Å². The quantitative estimate of drug-likeness (QED) is 0.180. The third-order valence-electron chi connectivity index (χ3n) is 8.64. The lowest BCUT2D eigenvalue weighted by molar-refractivity contribution is 0.233. The van der Waals surface area contributed by atoms with Crippen LogP contribution in [0, 0.1) is 11.8 Å². The summed E-state index contributed by atoms with van der Waals surface area (Å²) in [5, 5.41) is 1.70. The molecule has 0 N–H and O–H groups in total. The van der Waals surface area contributed by atoms with Crippen molar-refractivity contribution in [2.24, 2.45) is 11.8 Å². The Morgan fingerprint density at radius 3 is 1.63 bits per heavy atom. The maximum atomic E-state index is 7.19. The molecule has 3 nitrogen and oxygen atoms in total. The minimum absolute atomic E-state index is 0.122. The van der Waals surface area contributed by atoms with E-state index in [4.69, 9.17) is 22.2 Å². The van der Waals surface area contributed by atoms with Crippen LogP contribution in [-0.4, -0.2) is 35.7 Å². The molecule has 4 aliphatic rings. The first-order chi connectivity index (χ1) is 17.4. The number of benzene rings is 1. The van der Waals surface area contributed by atoms with Gasteiger partial charge in [0.15, 0.2) is 0 Å². The van der Waals surface area contributed by atoms with Crippen molar-refractivity contribution in [3.63, 3.8) is 0 Å². The Kier molecular flexibility index (Phi) is 8.79. The second-order valence-corrected chi connectivity index (χ2v) is 24.9. The predicted molar refractivity (Wildman–Crippen MR) is 175 cm³/mol. The van der Waals surface area contributed by atoms with Crippen LogP contribution >= 0.6 is 30.4 Å². The van der Waals surface area contributed by atoms with Crippen molar-refractivity contribution in [1.29, 1.82) is 0 Å². The monoisotopic (exact) mass is 610 g/mol. The molecule has 0 atom stereocenters.